The number of carboxylic acid groups (broad SMARTS) is 1. The van der Waals surface area contributed by atoms with Crippen LogP contribution in [0, 0.1) is 6.92 Å². The second kappa shape index (κ2) is 7.24. The number of hydrogen-bond donors (Lipinski definition) is 4. The van der Waals surface area contributed by atoms with Gasteiger partial charge in [0.1, 0.15) is 0 Å². The van der Waals surface area contributed by atoms with E-state index in [9.17, 15) is 14.7 Å². The van der Waals surface area contributed by atoms with Gasteiger partial charge in [-0.2, -0.15) is 0 Å². The average molecular weight is 424 g/mol. The Morgan fingerprint density at radius 1 is 1.29 bits per heavy atom. The summed E-state index contributed by atoms with van der Waals surface area (Å²) in [6, 6.07) is 3.16. The van der Waals surface area contributed by atoms with Crippen molar-refractivity contribution in [2.75, 3.05) is 11.9 Å². The fraction of sp³-hybridized carbons (Fsp3) is 0.385. The minimum atomic E-state index is -1.51. The molecule has 0 aliphatic carbocycles. The summed E-state index contributed by atoms with van der Waals surface area (Å²) < 4.78 is 1.42. The quantitative estimate of drug-likeness (QED) is 0.585. The van der Waals surface area contributed by atoms with Gasteiger partial charge in [0.15, 0.2) is 0 Å². The van der Waals surface area contributed by atoms with Crippen molar-refractivity contribution in [3.63, 3.8) is 0 Å². The van der Waals surface area contributed by atoms with Gasteiger partial charge < -0.3 is 20.8 Å². The number of carbonyl (C=O) groups is 2. The van der Waals surface area contributed by atoms with Crippen LogP contribution in [0.2, 0.25) is 0 Å². The van der Waals surface area contributed by atoms with E-state index in [4.69, 9.17) is 5.11 Å². The number of aliphatic hydroxyl groups is 1. The van der Waals surface area contributed by atoms with Crippen molar-refractivity contribution in [2.45, 2.75) is 25.9 Å². The minimum Gasteiger partial charge on any atom is -0.481 e. The summed E-state index contributed by atoms with van der Waals surface area (Å²) in [5.74, 6) is -1.13. The van der Waals surface area contributed by atoms with Crippen molar-refractivity contribution in [3.8, 4) is 0 Å². The van der Waals surface area contributed by atoms with Crippen molar-refractivity contribution < 1.29 is 19.8 Å². The lowest BCUT2D eigenvalue weighted by molar-refractivity contribution is -0.141. The molecule has 0 heterocycles. The van der Waals surface area contributed by atoms with Gasteiger partial charge >= 0.3 is 12.0 Å². The van der Waals surface area contributed by atoms with Crippen LogP contribution in [-0.2, 0) is 4.79 Å². The van der Waals surface area contributed by atoms with Gasteiger partial charge in [0, 0.05) is 15.5 Å². The fourth-order valence-corrected chi connectivity index (χ4v) is 3.25. The first-order valence-electron chi connectivity index (χ1n) is 6.05. The molecule has 1 unspecified atom stereocenters. The zero-order valence-electron chi connectivity index (χ0n) is 11.5. The molecule has 0 aliphatic rings. The highest BCUT2D eigenvalue weighted by atomic mass is 79.9. The standard InChI is InChI=1S/C13H16Br2N2O4/c1-7-3-8(14)11(9(15)4-7)17-12(20)16-6-13(2,21)5-10(18)19/h3-4,21H,5-6H2,1-2H3,(H,18,19)(H2,16,17,20). The molecule has 1 aromatic rings. The molecule has 6 nitrogen and oxygen atoms in total. The maximum absolute atomic E-state index is 11.8. The van der Waals surface area contributed by atoms with Crippen LogP contribution in [0.25, 0.3) is 0 Å². The maximum atomic E-state index is 11.8. The van der Waals surface area contributed by atoms with Gasteiger partial charge in [-0.25, -0.2) is 4.79 Å². The van der Waals surface area contributed by atoms with Crippen molar-refractivity contribution in [1.29, 1.82) is 0 Å². The largest absolute Gasteiger partial charge is 0.481 e. The summed E-state index contributed by atoms with van der Waals surface area (Å²) in [4.78, 5) is 22.4. The van der Waals surface area contributed by atoms with E-state index in [2.05, 4.69) is 42.5 Å². The lowest BCUT2D eigenvalue weighted by Crippen LogP contribution is -2.43. The molecule has 1 atom stereocenters. The summed E-state index contributed by atoms with van der Waals surface area (Å²) in [6.07, 6.45) is -0.453. The Morgan fingerprint density at radius 3 is 2.29 bits per heavy atom. The molecular formula is C13H16Br2N2O4. The third-order valence-corrected chi connectivity index (χ3v) is 3.84. The Kier molecular flexibility index (Phi) is 6.18. The van der Waals surface area contributed by atoms with Gasteiger partial charge in [-0.05, 0) is 63.4 Å². The molecule has 0 aliphatic heterocycles. The molecule has 116 valence electrons. The van der Waals surface area contributed by atoms with E-state index in [1.54, 1.807) is 0 Å². The molecule has 21 heavy (non-hydrogen) atoms. The van der Waals surface area contributed by atoms with E-state index in [1.807, 2.05) is 19.1 Å². The molecule has 0 saturated heterocycles. The van der Waals surface area contributed by atoms with Crippen LogP contribution in [0.15, 0.2) is 21.1 Å². The SMILES string of the molecule is Cc1cc(Br)c(NC(=O)NCC(C)(O)CC(=O)O)c(Br)c1. The Labute approximate surface area is 139 Å². The number of aliphatic carboxylic acids is 1. The molecule has 8 heteroatoms. The average Bonchev–Trinajstić information content (AvgIpc) is 2.29. The van der Waals surface area contributed by atoms with Gasteiger partial charge in [0.25, 0.3) is 0 Å². The van der Waals surface area contributed by atoms with Crippen molar-refractivity contribution in [3.05, 3.63) is 26.6 Å². The molecule has 1 aromatic carbocycles. The smallest absolute Gasteiger partial charge is 0.319 e. The summed E-state index contributed by atoms with van der Waals surface area (Å²) in [5.41, 5.74) is 0.0605. The summed E-state index contributed by atoms with van der Waals surface area (Å²) >= 11 is 6.70. The predicted molar refractivity (Wildman–Crippen MR) is 86.5 cm³/mol. The molecular weight excluding hydrogens is 408 g/mol. The van der Waals surface area contributed by atoms with E-state index in [0.717, 1.165) is 5.56 Å². The van der Waals surface area contributed by atoms with Crippen LogP contribution in [0.3, 0.4) is 0 Å². The van der Waals surface area contributed by atoms with Gasteiger partial charge in [-0.15, -0.1) is 0 Å². The third-order valence-electron chi connectivity index (χ3n) is 2.59. The Hall–Kier alpha value is -1.12. The molecule has 0 radical (unpaired) electrons. The Bertz CT molecular complexity index is 538. The van der Waals surface area contributed by atoms with Gasteiger partial charge in [0.05, 0.1) is 17.7 Å². The number of aryl methyl sites for hydroxylation is 1. The molecule has 0 bridgehead atoms. The predicted octanol–water partition coefficient (Wildman–Crippen LogP) is 2.87. The number of carbonyl (C=O) groups excluding carboxylic acids is 1. The van der Waals surface area contributed by atoms with Crippen molar-refractivity contribution in [1.82, 2.24) is 5.32 Å². The number of urea groups is 1. The van der Waals surface area contributed by atoms with Crippen LogP contribution < -0.4 is 10.6 Å². The monoisotopic (exact) mass is 422 g/mol. The second-order valence-corrected chi connectivity index (χ2v) is 6.69. The van der Waals surface area contributed by atoms with E-state index in [-0.39, 0.29) is 6.54 Å². The summed E-state index contributed by atoms with van der Waals surface area (Å²) in [6.45, 7) is 3.09. The fourth-order valence-electron chi connectivity index (χ4n) is 1.64. The van der Waals surface area contributed by atoms with Crippen molar-refractivity contribution in [2.24, 2.45) is 0 Å². The number of nitrogens with one attached hydrogen (secondary N) is 2. The molecule has 0 fully saturated rings. The number of hydrogen-bond acceptors (Lipinski definition) is 3. The number of anilines is 1. The molecule has 0 aromatic heterocycles. The van der Waals surface area contributed by atoms with Gasteiger partial charge in [0.2, 0.25) is 0 Å². The van der Waals surface area contributed by atoms with Crippen LogP contribution in [-0.4, -0.2) is 34.4 Å². The van der Waals surface area contributed by atoms with E-state index < -0.39 is 24.0 Å². The summed E-state index contributed by atoms with van der Waals surface area (Å²) in [5, 5.41) is 23.5. The molecule has 0 saturated carbocycles. The Morgan fingerprint density at radius 2 is 1.81 bits per heavy atom. The second-order valence-electron chi connectivity index (χ2n) is 4.98. The number of rotatable bonds is 5. The van der Waals surface area contributed by atoms with Crippen LogP contribution in [0.5, 0.6) is 0 Å². The summed E-state index contributed by atoms with van der Waals surface area (Å²) in [7, 11) is 0. The van der Waals surface area contributed by atoms with E-state index >= 15 is 0 Å². The number of benzene rings is 1. The van der Waals surface area contributed by atoms with Crippen LogP contribution in [0.4, 0.5) is 10.5 Å². The number of halogens is 2. The highest BCUT2D eigenvalue weighted by molar-refractivity contribution is 9.11. The van der Waals surface area contributed by atoms with E-state index in [1.165, 1.54) is 6.92 Å². The maximum Gasteiger partial charge on any atom is 0.319 e. The molecule has 2 amide bonds. The highest BCUT2D eigenvalue weighted by Crippen LogP contribution is 2.32. The van der Waals surface area contributed by atoms with Crippen molar-refractivity contribution >= 4 is 49.5 Å². The first-order valence-corrected chi connectivity index (χ1v) is 7.64. The number of amides is 2. The third kappa shape index (κ3) is 6.03. The Balaban J connectivity index is 2.65. The highest BCUT2D eigenvalue weighted by Gasteiger charge is 2.25. The molecule has 4 N–H and O–H groups in total. The topological polar surface area (TPSA) is 98.7 Å². The molecule has 0 spiro atoms. The van der Waals surface area contributed by atoms with E-state index in [0.29, 0.717) is 14.6 Å². The van der Waals surface area contributed by atoms with Crippen LogP contribution >= 0.6 is 31.9 Å². The lowest BCUT2D eigenvalue weighted by atomic mass is 10.0. The van der Waals surface area contributed by atoms with Gasteiger partial charge in [-0.1, -0.05) is 0 Å². The minimum absolute atomic E-state index is 0.174. The zero-order chi connectivity index (χ0) is 16.2. The zero-order valence-corrected chi connectivity index (χ0v) is 14.7. The van der Waals surface area contributed by atoms with Crippen LogP contribution in [0.1, 0.15) is 18.9 Å². The molecule has 1 rings (SSSR count). The normalized spacial score (nSPS) is 13.4. The number of carboxylic acids is 1. The first-order chi connectivity index (χ1) is 9.60. The lowest BCUT2D eigenvalue weighted by Gasteiger charge is -2.21. The first kappa shape index (κ1) is 17.9. The van der Waals surface area contributed by atoms with Gasteiger partial charge in [-0.3, -0.25) is 4.79 Å².